The fraction of sp³-hybridized carbons (Fsp3) is 0.400. The van der Waals surface area contributed by atoms with E-state index in [2.05, 4.69) is 5.32 Å². The van der Waals surface area contributed by atoms with Crippen LogP contribution >= 0.6 is 34.8 Å². The first-order valence-electron chi connectivity index (χ1n) is 4.72. The van der Waals surface area contributed by atoms with Crippen molar-refractivity contribution in [2.24, 2.45) is 0 Å². The number of ether oxygens (including phenoxy) is 1. The zero-order chi connectivity index (χ0) is 12.0. The Morgan fingerprint density at radius 2 is 1.75 bits per heavy atom. The summed E-state index contributed by atoms with van der Waals surface area (Å²) in [6.45, 7) is 1.36. The van der Waals surface area contributed by atoms with Crippen LogP contribution in [-0.2, 0) is 4.74 Å². The maximum atomic E-state index is 8.50. The van der Waals surface area contributed by atoms with Crippen molar-refractivity contribution in [2.75, 3.05) is 31.7 Å². The molecule has 0 unspecified atom stereocenters. The second-order valence-electron chi connectivity index (χ2n) is 3.01. The molecule has 0 bridgehead atoms. The Morgan fingerprint density at radius 1 is 1.12 bits per heavy atom. The smallest absolute Gasteiger partial charge is 0.0720 e. The quantitative estimate of drug-likeness (QED) is 0.789. The molecule has 0 amide bonds. The lowest BCUT2D eigenvalue weighted by molar-refractivity contribution is 0.0992. The van der Waals surface area contributed by atoms with Gasteiger partial charge in [0.2, 0.25) is 0 Å². The molecule has 1 rings (SSSR count). The highest BCUT2D eigenvalue weighted by atomic mass is 35.5. The summed E-state index contributed by atoms with van der Waals surface area (Å²) in [6.07, 6.45) is 0. The summed E-state index contributed by atoms with van der Waals surface area (Å²) in [7, 11) is 0. The minimum atomic E-state index is 0.0163. The molecule has 16 heavy (non-hydrogen) atoms. The van der Waals surface area contributed by atoms with Gasteiger partial charge < -0.3 is 15.2 Å². The van der Waals surface area contributed by atoms with Crippen LogP contribution in [-0.4, -0.2) is 31.5 Å². The molecule has 0 heterocycles. The molecule has 90 valence electrons. The van der Waals surface area contributed by atoms with Gasteiger partial charge in [0, 0.05) is 11.6 Å². The van der Waals surface area contributed by atoms with E-state index in [0.29, 0.717) is 40.5 Å². The van der Waals surface area contributed by atoms with Crippen molar-refractivity contribution < 1.29 is 9.84 Å². The molecule has 2 N–H and O–H groups in total. The third kappa shape index (κ3) is 4.36. The number of hydrogen-bond donors (Lipinski definition) is 2. The first-order valence-corrected chi connectivity index (χ1v) is 5.85. The standard InChI is InChI=1S/C10H12Cl3NO2/c11-7-5-8(12)10(9(13)6-7)14-1-3-16-4-2-15/h5-6,14-15H,1-4H2. The fourth-order valence-electron chi connectivity index (χ4n) is 1.13. The number of nitrogens with one attached hydrogen (secondary N) is 1. The molecule has 0 fully saturated rings. The van der Waals surface area contributed by atoms with Crippen LogP contribution in [0.4, 0.5) is 5.69 Å². The molecule has 0 radical (unpaired) electrons. The average Bonchev–Trinajstić information content (AvgIpc) is 2.20. The molecule has 0 saturated heterocycles. The van der Waals surface area contributed by atoms with E-state index in [1.54, 1.807) is 12.1 Å². The third-order valence-corrected chi connectivity index (χ3v) is 2.61. The van der Waals surface area contributed by atoms with Gasteiger partial charge in [0.05, 0.1) is 35.6 Å². The largest absolute Gasteiger partial charge is 0.394 e. The van der Waals surface area contributed by atoms with Crippen molar-refractivity contribution in [1.29, 1.82) is 0 Å². The summed E-state index contributed by atoms with van der Waals surface area (Å²) >= 11 is 17.7. The maximum Gasteiger partial charge on any atom is 0.0720 e. The number of aliphatic hydroxyl groups excluding tert-OH is 1. The zero-order valence-electron chi connectivity index (χ0n) is 8.47. The van der Waals surface area contributed by atoms with Gasteiger partial charge >= 0.3 is 0 Å². The number of halogens is 3. The van der Waals surface area contributed by atoms with Gasteiger partial charge in [-0.2, -0.15) is 0 Å². The summed E-state index contributed by atoms with van der Waals surface area (Å²) < 4.78 is 5.08. The van der Waals surface area contributed by atoms with E-state index < -0.39 is 0 Å². The van der Waals surface area contributed by atoms with Gasteiger partial charge in [-0.05, 0) is 12.1 Å². The maximum absolute atomic E-state index is 8.50. The summed E-state index contributed by atoms with van der Waals surface area (Å²) in [4.78, 5) is 0. The van der Waals surface area contributed by atoms with Gasteiger partial charge in [-0.3, -0.25) is 0 Å². The van der Waals surface area contributed by atoms with Gasteiger partial charge in [0.15, 0.2) is 0 Å². The molecule has 0 saturated carbocycles. The first-order chi connectivity index (χ1) is 7.65. The second-order valence-corrected chi connectivity index (χ2v) is 4.26. The zero-order valence-corrected chi connectivity index (χ0v) is 10.7. The van der Waals surface area contributed by atoms with Gasteiger partial charge in [0.25, 0.3) is 0 Å². The van der Waals surface area contributed by atoms with E-state index in [-0.39, 0.29) is 6.61 Å². The molecule has 3 nitrogen and oxygen atoms in total. The van der Waals surface area contributed by atoms with Crippen molar-refractivity contribution in [1.82, 2.24) is 0 Å². The van der Waals surface area contributed by atoms with Crippen molar-refractivity contribution in [2.45, 2.75) is 0 Å². The highest BCUT2D eigenvalue weighted by molar-refractivity contribution is 6.41. The van der Waals surface area contributed by atoms with Crippen LogP contribution in [0.2, 0.25) is 15.1 Å². The van der Waals surface area contributed by atoms with Crippen LogP contribution in [0, 0.1) is 0 Å². The minimum absolute atomic E-state index is 0.0163. The molecule has 0 aromatic heterocycles. The van der Waals surface area contributed by atoms with Crippen molar-refractivity contribution in [3.05, 3.63) is 27.2 Å². The second kappa shape index (κ2) is 7.20. The van der Waals surface area contributed by atoms with E-state index in [4.69, 9.17) is 44.6 Å². The van der Waals surface area contributed by atoms with Crippen molar-refractivity contribution in [3.63, 3.8) is 0 Å². The van der Waals surface area contributed by atoms with Crippen LogP contribution < -0.4 is 5.32 Å². The molecule has 6 heteroatoms. The molecule has 0 spiro atoms. The van der Waals surface area contributed by atoms with E-state index >= 15 is 0 Å². The van der Waals surface area contributed by atoms with E-state index in [1.807, 2.05) is 0 Å². The lowest BCUT2D eigenvalue weighted by Crippen LogP contribution is -2.11. The number of aliphatic hydroxyl groups is 1. The molecule has 0 aliphatic heterocycles. The minimum Gasteiger partial charge on any atom is -0.394 e. The highest BCUT2D eigenvalue weighted by Crippen LogP contribution is 2.33. The molecule has 1 aromatic carbocycles. The Bertz CT molecular complexity index is 324. The summed E-state index contributed by atoms with van der Waals surface area (Å²) in [5.74, 6) is 0. The van der Waals surface area contributed by atoms with E-state index in [1.165, 1.54) is 0 Å². The lowest BCUT2D eigenvalue weighted by atomic mass is 10.3. The molecular formula is C10H12Cl3NO2. The normalized spacial score (nSPS) is 10.5. The molecule has 0 aliphatic carbocycles. The first kappa shape index (κ1) is 13.9. The van der Waals surface area contributed by atoms with Gasteiger partial charge in [-0.25, -0.2) is 0 Å². The lowest BCUT2D eigenvalue weighted by Gasteiger charge is -2.10. The van der Waals surface area contributed by atoms with Crippen molar-refractivity contribution in [3.8, 4) is 0 Å². The number of hydrogen-bond acceptors (Lipinski definition) is 3. The number of anilines is 1. The molecular weight excluding hydrogens is 272 g/mol. The molecule has 0 aliphatic rings. The Hall–Kier alpha value is -0.190. The number of benzene rings is 1. The van der Waals surface area contributed by atoms with Crippen LogP contribution in [0.3, 0.4) is 0 Å². The topological polar surface area (TPSA) is 41.5 Å². The van der Waals surface area contributed by atoms with Crippen LogP contribution in [0.1, 0.15) is 0 Å². The van der Waals surface area contributed by atoms with Gasteiger partial charge in [-0.1, -0.05) is 34.8 Å². The predicted octanol–water partition coefficient (Wildman–Crippen LogP) is 3.07. The van der Waals surface area contributed by atoms with Crippen LogP contribution in [0.5, 0.6) is 0 Å². The number of rotatable bonds is 6. The Labute approximate surface area is 109 Å². The van der Waals surface area contributed by atoms with Gasteiger partial charge in [-0.15, -0.1) is 0 Å². The average molecular weight is 285 g/mol. The monoisotopic (exact) mass is 283 g/mol. The Morgan fingerprint density at radius 3 is 2.31 bits per heavy atom. The van der Waals surface area contributed by atoms with Crippen molar-refractivity contribution >= 4 is 40.5 Å². The van der Waals surface area contributed by atoms with Crippen LogP contribution in [0.25, 0.3) is 0 Å². The van der Waals surface area contributed by atoms with E-state index in [9.17, 15) is 0 Å². The van der Waals surface area contributed by atoms with Crippen LogP contribution in [0.15, 0.2) is 12.1 Å². The molecule has 1 aromatic rings. The fourth-order valence-corrected chi connectivity index (χ4v) is 2.08. The van der Waals surface area contributed by atoms with Gasteiger partial charge in [0.1, 0.15) is 0 Å². The SMILES string of the molecule is OCCOCCNc1c(Cl)cc(Cl)cc1Cl. The Kier molecular flexibility index (Phi) is 6.24. The molecule has 0 atom stereocenters. The summed E-state index contributed by atoms with van der Waals surface area (Å²) in [6, 6.07) is 3.23. The third-order valence-electron chi connectivity index (χ3n) is 1.79. The Balaban J connectivity index is 2.47. The summed E-state index contributed by atoms with van der Waals surface area (Å²) in [5, 5.41) is 13.0. The predicted molar refractivity (Wildman–Crippen MR) is 67.9 cm³/mol. The highest BCUT2D eigenvalue weighted by Gasteiger charge is 2.06. The van der Waals surface area contributed by atoms with E-state index in [0.717, 1.165) is 0 Å². The summed E-state index contributed by atoms with van der Waals surface area (Å²) in [5.41, 5.74) is 0.639.